The summed E-state index contributed by atoms with van der Waals surface area (Å²) in [5.41, 5.74) is 4.88. The Morgan fingerprint density at radius 1 is 1.07 bits per heavy atom. The highest BCUT2D eigenvalue weighted by atomic mass is 19.2. The molecule has 0 aliphatic carbocycles. The van der Waals surface area contributed by atoms with Gasteiger partial charge in [0, 0.05) is 57.6 Å². The third kappa shape index (κ3) is 7.24. The van der Waals surface area contributed by atoms with E-state index in [9.17, 15) is 18.4 Å². The van der Waals surface area contributed by atoms with Gasteiger partial charge in [0.25, 0.3) is 0 Å². The third-order valence-electron chi connectivity index (χ3n) is 7.57. The van der Waals surface area contributed by atoms with Crippen LogP contribution >= 0.6 is 0 Å². The molecule has 11 heteroatoms. The van der Waals surface area contributed by atoms with Crippen LogP contribution in [0.15, 0.2) is 66.9 Å². The van der Waals surface area contributed by atoms with E-state index in [2.05, 4.69) is 4.98 Å². The molecule has 1 aliphatic rings. The van der Waals surface area contributed by atoms with Gasteiger partial charge in [-0.05, 0) is 54.4 Å². The van der Waals surface area contributed by atoms with Crippen molar-refractivity contribution in [3.63, 3.8) is 0 Å². The lowest BCUT2D eigenvalue weighted by molar-refractivity contribution is -0.155. The summed E-state index contributed by atoms with van der Waals surface area (Å²) in [5.74, 6) is -2.61. The van der Waals surface area contributed by atoms with Crippen molar-refractivity contribution in [2.75, 3.05) is 26.8 Å². The first-order chi connectivity index (χ1) is 21.2. The molecule has 4 aromatic rings. The molecule has 0 saturated carbocycles. The molecule has 5 rings (SSSR count). The van der Waals surface area contributed by atoms with Crippen molar-refractivity contribution in [2.45, 2.75) is 39.4 Å². The van der Waals surface area contributed by atoms with Crippen LogP contribution in [-0.2, 0) is 36.9 Å². The van der Waals surface area contributed by atoms with Gasteiger partial charge in [-0.1, -0.05) is 24.3 Å². The summed E-state index contributed by atoms with van der Waals surface area (Å²) in [6.45, 7) is 4.67. The van der Waals surface area contributed by atoms with E-state index in [1.807, 2.05) is 43.3 Å². The van der Waals surface area contributed by atoms with Gasteiger partial charge in [0.2, 0.25) is 0 Å². The lowest BCUT2D eigenvalue weighted by Gasteiger charge is -2.18. The first-order valence-corrected chi connectivity index (χ1v) is 14.3. The summed E-state index contributed by atoms with van der Waals surface area (Å²) in [7, 11) is 1.59. The van der Waals surface area contributed by atoms with Gasteiger partial charge in [0.15, 0.2) is 11.6 Å². The molecular formula is C33H34F2N4O5. The molecule has 0 bridgehead atoms. The predicted molar refractivity (Wildman–Crippen MR) is 157 cm³/mol. The SMILES string of the molecule is COCCN1C[C@@H](CC(=O)Cc2c(C)c(-c3ccc(COC(C)=O)nc3)nn2-c2ccccc2)[C@H](c2ccc(F)c(F)c2)O1. The van der Waals surface area contributed by atoms with Crippen LogP contribution in [-0.4, -0.2) is 58.4 Å². The smallest absolute Gasteiger partial charge is 0.303 e. The number of hydrogen-bond donors (Lipinski definition) is 0. The highest BCUT2D eigenvalue weighted by Gasteiger charge is 2.37. The van der Waals surface area contributed by atoms with Crippen LogP contribution in [0.5, 0.6) is 0 Å². The molecule has 9 nitrogen and oxygen atoms in total. The fourth-order valence-corrected chi connectivity index (χ4v) is 5.35. The maximum Gasteiger partial charge on any atom is 0.303 e. The number of methoxy groups -OCH3 is 1. The Labute approximate surface area is 254 Å². The number of aromatic nitrogens is 3. The number of carbonyl (C=O) groups excluding carboxylic acids is 2. The number of hydroxylamine groups is 2. The van der Waals surface area contributed by atoms with Crippen molar-refractivity contribution in [2.24, 2.45) is 5.92 Å². The van der Waals surface area contributed by atoms with E-state index in [0.29, 0.717) is 36.6 Å². The summed E-state index contributed by atoms with van der Waals surface area (Å²) in [6, 6.07) is 16.9. The van der Waals surface area contributed by atoms with Crippen molar-refractivity contribution in [1.29, 1.82) is 0 Å². The molecule has 1 saturated heterocycles. The van der Waals surface area contributed by atoms with Crippen molar-refractivity contribution in [3.8, 4) is 16.9 Å². The van der Waals surface area contributed by atoms with Crippen LogP contribution in [0.4, 0.5) is 8.78 Å². The number of rotatable bonds is 12. The summed E-state index contributed by atoms with van der Waals surface area (Å²) in [5, 5.41) is 6.59. The molecule has 1 fully saturated rings. The highest BCUT2D eigenvalue weighted by Crippen LogP contribution is 2.37. The molecule has 0 amide bonds. The molecule has 2 atom stereocenters. The molecule has 0 N–H and O–H groups in total. The molecule has 0 radical (unpaired) electrons. The Balaban J connectivity index is 1.40. The Morgan fingerprint density at radius 3 is 2.55 bits per heavy atom. The van der Waals surface area contributed by atoms with Gasteiger partial charge >= 0.3 is 5.97 Å². The van der Waals surface area contributed by atoms with Gasteiger partial charge in [-0.2, -0.15) is 10.2 Å². The second kappa shape index (κ2) is 14.0. The number of halogens is 2. The fraction of sp³-hybridized carbons (Fsp3) is 0.333. The average molecular weight is 605 g/mol. The summed E-state index contributed by atoms with van der Waals surface area (Å²) in [4.78, 5) is 35.4. The number of ketones is 1. The van der Waals surface area contributed by atoms with Crippen LogP contribution in [0.25, 0.3) is 16.9 Å². The number of Topliss-reactive ketones (excluding diaryl/α,β-unsaturated/α-hetero) is 1. The quantitative estimate of drug-likeness (QED) is 0.200. The Kier molecular flexibility index (Phi) is 9.89. The first kappa shape index (κ1) is 31.1. The number of esters is 1. The zero-order valence-electron chi connectivity index (χ0n) is 24.8. The van der Waals surface area contributed by atoms with Gasteiger partial charge in [0.05, 0.1) is 29.4 Å². The molecule has 3 heterocycles. The number of hydrogen-bond acceptors (Lipinski definition) is 8. The van der Waals surface area contributed by atoms with Gasteiger partial charge in [0.1, 0.15) is 18.5 Å². The minimum Gasteiger partial charge on any atom is -0.459 e. The van der Waals surface area contributed by atoms with E-state index >= 15 is 0 Å². The number of nitrogens with zero attached hydrogens (tertiary/aromatic N) is 4. The molecular weight excluding hydrogens is 570 g/mol. The van der Waals surface area contributed by atoms with Crippen molar-refractivity contribution in [3.05, 3.63) is 101 Å². The fourth-order valence-electron chi connectivity index (χ4n) is 5.35. The van der Waals surface area contributed by atoms with Gasteiger partial charge in [-0.3, -0.25) is 19.4 Å². The Bertz CT molecular complexity index is 1610. The lowest BCUT2D eigenvalue weighted by atomic mass is 9.90. The topological polar surface area (TPSA) is 95.8 Å². The zero-order valence-corrected chi connectivity index (χ0v) is 24.8. The first-order valence-electron chi connectivity index (χ1n) is 14.3. The normalized spacial score (nSPS) is 16.8. The van der Waals surface area contributed by atoms with Crippen LogP contribution in [0, 0.1) is 24.5 Å². The largest absolute Gasteiger partial charge is 0.459 e. The van der Waals surface area contributed by atoms with Crippen LogP contribution in [0.1, 0.15) is 42.0 Å². The van der Waals surface area contributed by atoms with Crippen LogP contribution in [0.2, 0.25) is 0 Å². The van der Waals surface area contributed by atoms with E-state index < -0.39 is 17.7 Å². The van der Waals surface area contributed by atoms with E-state index in [0.717, 1.165) is 34.6 Å². The second-order valence-corrected chi connectivity index (χ2v) is 10.7. The number of ether oxygens (including phenoxy) is 2. The molecule has 0 unspecified atom stereocenters. The van der Waals surface area contributed by atoms with E-state index in [1.165, 1.54) is 13.0 Å². The van der Waals surface area contributed by atoms with Crippen molar-refractivity contribution >= 4 is 11.8 Å². The van der Waals surface area contributed by atoms with Gasteiger partial charge < -0.3 is 9.47 Å². The van der Waals surface area contributed by atoms with E-state index in [1.54, 1.807) is 29.1 Å². The summed E-state index contributed by atoms with van der Waals surface area (Å²) < 4.78 is 39.8. The molecule has 230 valence electrons. The lowest BCUT2D eigenvalue weighted by Crippen LogP contribution is -2.24. The van der Waals surface area contributed by atoms with E-state index in [-0.39, 0.29) is 37.1 Å². The van der Waals surface area contributed by atoms with Crippen LogP contribution in [0.3, 0.4) is 0 Å². The minimum absolute atomic E-state index is 0.0404. The summed E-state index contributed by atoms with van der Waals surface area (Å²) >= 11 is 0. The highest BCUT2D eigenvalue weighted by molar-refractivity contribution is 5.82. The second-order valence-electron chi connectivity index (χ2n) is 10.7. The van der Waals surface area contributed by atoms with Crippen molar-refractivity contribution in [1.82, 2.24) is 19.8 Å². The third-order valence-corrected chi connectivity index (χ3v) is 7.57. The molecule has 2 aromatic heterocycles. The van der Waals surface area contributed by atoms with E-state index in [4.69, 9.17) is 19.4 Å². The summed E-state index contributed by atoms with van der Waals surface area (Å²) in [6.07, 6.45) is 1.32. The number of carbonyl (C=O) groups is 2. The maximum atomic E-state index is 14.1. The van der Waals surface area contributed by atoms with Gasteiger partial charge in [-0.15, -0.1) is 0 Å². The zero-order chi connectivity index (χ0) is 31.2. The predicted octanol–water partition coefficient (Wildman–Crippen LogP) is 5.34. The molecule has 1 aliphatic heterocycles. The molecule has 2 aromatic carbocycles. The minimum atomic E-state index is -0.963. The molecule has 0 spiro atoms. The average Bonchev–Trinajstić information content (AvgIpc) is 3.57. The maximum absolute atomic E-state index is 14.1. The Hall–Kier alpha value is -4.32. The van der Waals surface area contributed by atoms with Gasteiger partial charge in [-0.25, -0.2) is 13.5 Å². The Morgan fingerprint density at radius 2 is 1.86 bits per heavy atom. The monoisotopic (exact) mass is 604 g/mol. The van der Waals surface area contributed by atoms with Crippen LogP contribution < -0.4 is 0 Å². The number of benzene rings is 2. The number of para-hydroxylation sites is 1. The number of pyridine rings is 1. The van der Waals surface area contributed by atoms with Crippen molar-refractivity contribution < 1.29 is 32.7 Å². The molecule has 44 heavy (non-hydrogen) atoms. The standard InChI is InChI=1S/C33H34F2N4O5/c1-21-31(17-28(41)15-25-19-38(13-14-42-3)44-33(25)23-10-12-29(34)30(35)16-23)39(27-7-5-4-6-8-27)37-32(21)24-9-11-26(36-18-24)20-43-22(2)40/h4-12,16,18,25,33H,13-15,17,19-20H2,1-3H3/t25-,33+/m1/s1.